The molecule has 0 radical (unpaired) electrons. The van der Waals surface area contributed by atoms with Gasteiger partial charge in [-0.3, -0.25) is 0 Å². The van der Waals surface area contributed by atoms with Gasteiger partial charge in [0.2, 0.25) is 5.95 Å². The van der Waals surface area contributed by atoms with Crippen LogP contribution in [0.5, 0.6) is 0 Å². The maximum Gasteiger partial charge on any atom is 0.433 e. The van der Waals surface area contributed by atoms with E-state index in [0.29, 0.717) is 5.56 Å². The molecule has 2 aromatic heterocycles. The standard InChI is InChI=1S/C16H11F4N5/c1-8-5-10(7-12(22-8)16(18,19)20)14-13(23-15(21)25-24-14)9-3-2-4-11(17)6-9/h2-7H,1H3,(H2,21,23,25). The number of pyridine rings is 1. The number of nitrogen functional groups attached to an aromatic ring is 1. The van der Waals surface area contributed by atoms with Crippen molar-refractivity contribution in [2.75, 3.05) is 5.73 Å². The predicted molar refractivity (Wildman–Crippen MR) is 82.6 cm³/mol. The van der Waals surface area contributed by atoms with Gasteiger partial charge in [-0.15, -0.1) is 10.2 Å². The minimum absolute atomic E-state index is 0.0517. The van der Waals surface area contributed by atoms with Crippen LogP contribution in [0.2, 0.25) is 0 Å². The normalized spacial score (nSPS) is 11.6. The lowest BCUT2D eigenvalue weighted by Crippen LogP contribution is -2.10. The summed E-state index contributed by atoms with van der Waals surface area (Å²) in [5, 5.41) is 7.47. The molecule has 3 rings (SSSR count). The van der Waals surface area contributed by atoms with Crippen molar-refractivity contribution in [2.45, 2.75) is 13.1 Å². The Morgan fingerprint density at radius 1 is 0.920 bits per heavy atom. The molecule has 0 aliphatic heterocycles. The van der Waals surface area contributed by atoms with E-state index >= 15 is 0 Å². The van der Waals surface area contributed by atoms with Gasteiger partial charge in [0.15, 0.2) is 0 Å². The molecule has 0 aliphatic rings. The van der Waals surface area contributed by atoms with E-state index < -0.39 is 17.7 Å². The van der Waals surface area contributed by atoms with Crippen molar-refractivity contribution in [3.63, 3.8) is 0 Å². The van der Waals surface area contributed by atoms with Crippen molar-refractivity contribution >= 4 is 5.95 Å². The number of hydrogen-bond acceptors (Lipinski definition) is 5. The first kappa shape index (κ1) is 16.7. The highest BCUT2D eigenvalue weighted by Crippen LogP contribution is 2.34. The molecule has 0 saturated carbocycles. The molecule has 0 bridgehead atoms. The quantitative estimate of drug-likeness (QED) is 0.715. The number of aryl methyl sites for hydroxylation is 1. The number of anilines is 1. The molecule has 2 N–H and O–H groups in total. The molecule has 0 saturated heterocycles. The van der Waals surface area contributed by atoms with Crippen molar-refractivity contribution in [1.82, 2.24) is 20.2 Å². The topological polar surface area (TPSA) is 77.6 Å². The maximum absolute atomic E-state index is 13.5. The summed E-state index contributed by atoms with van der Waals surface area (Å²) in [5.41, 5.74) is 5.23. The molecule has 0 amide bonds. The molecule has 0 unspecified atom stereocenters. The van der Waals surface area contributed by atoms with Gasteiger partial charge in [0.25, 0.3) is 0 Å². The van der Waals surface area contributed by atoms with E-state index in [4.69, 9.17) is 5.73 Å². The van der Waals surface area contributed by atoms with E-state index in [2.05, 4.69) is 20.2 Å². The van der Waals surface area contributed by atoms with Crippen molar-refractivity contribution in [2.24, 2.45) is 0 Å². The van der Waals surface area contributed by atoms with Crippen LogP contribution in [-0.2, 0) is 6.18 Å². The van der Waals surface area contributed by atoms with Gasteiger partial charge in [0.05, 0.1) is 0 Å². The number of nitrogens with zero attached hydrogens (tertiary/aromatic N) is 4. The summed E-state index contributed by atoms with van der Waals surface area (Å²) >= 11 is 0. The smallest absolute Gasteiger partial charge is 0.366 e. The summed E-state index contributed by atoms with van der Waals surface area (Å²) in [6, 6.07) is 7.68. The van der Waals surface area contributed by atoms with Gasteiger partial charge in [-0.25, -0.2) is 14.4 Å². The maximum atomic E-state index is 13.5. The molecule has 9 heteroatoms. The highest BCUT2D eigenvalue weighted by Gasteiger charge is 2.33. The molecule has 0 atom stereocenters. The average molecular weight is 349 g/mol. The summed E-state index contributed by atoms with van der Waals surface area (Å²) in [6.07, 6.45) is -4.62. The van der Waals surface area contributed by atoms with Gasteiger partial charge >= 0.3 is 6.18 Å². The summed E-state index contributed by atoms with van der Waals surface area (Å²) < 4.78 is 52.6. The first-order valence-electron chi connectivity index (χ1n) is 7.06. The minimum Gasteiger partial charge on any atom is -0.366 e. The highest BCUT2D eigenvalue weighted by molar-refractivity contribution is 5.78. The van der Waals surface area contributed by atoms with E-state index in [1.54, 1.807) is 6.07 Å². The van der Waals surface area contributed by atoms with E-state index in [0.717, 1.165) is 6.07 Å². The minimum atomic E-state index is -4.62. The third-order valence-electron chi connectivity index (χ3n) is 3.32. The van der Waals surface area contributed by atoms with Crippen LogP contribution in [0.15, 0.2) is 36.4 Å². The van der Waals surface area contributed by atoms with Gasteiger partial charge in [0.1, 0.15) is 22.9 Å². The van der Waals surface area contributed by atoms with Crippen LogP contribution in [-0.4, -0.2) is 20.2 Å². The van der Waals surface area contributed by atoms with E-state index in [1.807, 2.05) is 0 Å². The number of alkyl halides is 3. The van der Waals surface area contributed by atoms with Crippen molar-refractivity contribution < 1.29 is 17.6 Å². The first-order chi connectivity index (χ1) is 11.7. The number of benzene rings is 1. The van der Waals surface area contributed by atoms with Crippen LogP contribution in [0, 0.1) is 12.7 Å². The molecule has 0 fully saturated rings. The fraction of sp³-hybridized carbons (Fsp3) is 0.125. The number of nitrogens with two attached hydrogens (primary N) is 1. The Labute approximate surface area is 139 Å². The zero-order valence-electron chi connectivity index (χ0n) is 12.8. The number of halogens is 4. The Hall–Kier alpha value is -3.10. The lowest BCUT2D eigenvalue weighted by molar-refractivity contribution is -0.141. The second-order valence-corrected chi connectivity index (χ2v) is 5.26. The SMILES string of the molecule is Cc1cc(-c2nnc(N)nc2-c2cccc(F)c2)cc(C(F)(F)F)n1. The fourth-order valence-corrected chi connectivity index (χ4v) is 2.32. The first-order valence-corrected chi connectivity index (χ1v) is 7.06. The summed E-state index contributed by atoms with van der Waals surface area (Å²) in [5.74, 6) is -0.702. The number of aromatic nitrogens is 4. The van der Waals surface area contributed by atoms with Crippen molar-refractivity contribution in [3.8, 4) is 22.5 Å². The summed E-state index contributed by atoms with van der Waals surface area (Å²) in [6.45, 7) is 1.43. The fourth-order valence-electron chi connectivity index (χ4n) is 2.32. The summed E-state index contributed by atoms with van der Waals surface area (Å²) in [7, 11) is 0. The molecule has 0 spiro atoms. The lowest BCUT2D eigenvalue weighted by Gasteiger charge is -2.12. The van der Waals surface area contributed by atoms with Gasteiger partial charge in [-0.2, -0.15) is 13.2 Å². The van der Waals surface area contributed by atoms with E-state index in [9.17, 15) is 17.6 Å². The lowest BCUT2D eigenvalue weighted by atomic mass is 10.0. The van der Waals surface area contributed by atoms with Crippen molar-refractivity contribution in [3.05, 3.63) is 53.6 Å². The van der Waals surface area contributed by atoms with Crippen LogP contribution >= 0.6 is 0 Å². The Morgan fingerprint density at radius 2 is 1.68 bits per heavy atom. The van der Waals surface area contributed by atoms with Gasteiger partial charge < -0.3 is 5.73 Å². The molecule has 5 nitrogen and oxygen atoms in total. The molecule has 25 heavy (non-hydrogen) atoms. The Bertz CT molecular complexity index is 940. The summed E-state index contributed by atoms with van der Waals surface area (Å²) in [4.78, 5) is 7.50. The molecule has 3 aromatic rings. The van der Waals surface area contributed by atoms with Gasteiger partial charge in [-0.05, 0) is 31.2 Å². The van der Waals surface area contributed by atoms with Gasteiger partial charge in [0, 0.05) is 16.8 Å². The van der Waals surface area contributed by atoms with E-state index in [1.165, 1.54) is 31.2 Å². The average Bonchev–Trinajstić information content (AvgIpc) is 2.53. The van der Waals surface area contributed by atoms with Crippen LogP contribution in [0.1, 0.15) is 11.4 Å². The zero-order valence-corrected chi connectivity index (χ0v) is 12.8. The number of hydrogen-bond donors (Lipinski definition) is 1. The van der Waals surface area contributed by atoms with Crippen LogP contribution in [0.25, 0.3) is 22.5 Å². The van der Waals surface area contributed by atoms with Crippen LogP contribution in [0.3, 0.4) is 0 Å². The molecule has 2 heterocycles. The largest absolute Gasteiger partial charge is 0.433 e. The Kier molecular flexibility index (Phi) is 4.07. The molecular formula is C16H11F4N5. The highest BCUT2D eigenvalue weighted by atomic mass is 19.4. The van der Waals surface area contributed by atoms with Crippen molar-refractivity contribution in [1.29, 1.82) is 0 Å². The molecule has 1 aromatic carbocycles. The third-order valence-corrected chi connectivity index (χ3v) is 3.32. The Morgan fingerprint density at radius 3 is 2.36 bits per heavy atom. The van der Waals surface area contributed by atoms with E-state index in [-0.39, 0.29) is 28.6 Å². The molecule has 128 valence electrons. The zero-order chi connectivity index (χ0) is 18.2. The van der Waals surface area contributed by atoms with Gasteiger partial charge in [-0.1, -0.05) is 12.1 Å². The second-order valence-electron chi connectivity index (χ2n) is 5.26. The predicted octanol–water partition coefficient (Wildman–Crippen LogP) is 3.65. The number of rotatable bonds is 2. The molecule has 0 aliphatic carbocycles. The second kappa shape index (κ2) is 6.08. The third kappa shape index (κ3) is 3.54. The monoisotopic (exact) mass is 349 g/mol. The molecular weight excluding hydrogens is 338 g/mol. The Balaban J connectivity index is 2.24. The van der Waals surface area contributed by atoms with Crippen LogP contribution in [0.4, 0.5) is 23.5 Å². The van der Waals surface area contributed by atoms with Crippen LogP contribution < -0.4 is 5.73 Å².